The van der Waals surface area contributed by atoms with Crippen LogP contribution in [0, 0.1) is 0 Å². The molecule has 0 aromatic heterocycles. The van der Waals surface area contributed by atoms with E-state index in [0.29, 0.717) is 0 Å². The predicted molar refractivity (Wildman–Crippen MR) is 78.6 cm³/mol. The molecular weight excluding hydrogens is 234 g/mol. The van der Waals surface area contributed by atoms with E-state index in [9.17, 15) is 0 Å². The van der Waals surface area contributed by atoms with Gasteiger partial charge in [-0.3, -0.25) is 0 Å². The first-order valence-electron chi connectivity index (χ1n) is 7.72. The number of piperidine rings is 1. The van der Waals surface area contributed by atoms with Gasteiger partial charge in [0.25, 0.3) is 0 Å². The summed E-state index contributed by atoms with van der Waals surface area (Å²) < 4.78 is 0. The summed E-state index contributed by atoms with van der Waals surface area (Å²) in [6.07, 6.45) is 4.26. The van der Waals surface area contributed by atoms with Gasteiger partial charge in [-0.25, -0.2) is 0 Å². The lowest BCUT2D eigenvalue weighted by Gasteiger charge is -2.34. The van der Waals surface area contributed by atoms with Crippen molar-refractivity contribution in [1.29, 1.82) is 0 Å². The molecule has 2 aliphatic rings. The van der Waals surface area contributed by atoms with E-state index in [1.165, 1.54) is 44.6 Å². The van der Waals surface area contributed by atoms with Crippen molar-refractivity contribution >= 4 is 5.69 Å². The summed E-state index contributed by atoms with van der Waals surface area (Å²) >= 11 is 0. The molecule has 3 nitrogen and oxygen atoms in total. The first kappa shape index (κ1) is 12.9. The van der Waals surface area contributed by atoms with Gasteiger partial charge in [-0.05, 0) is 31.4 Å². The molecule has 0 unspecified atom stereocenters. The highest BCUT2D eigenvalue weighted by molar-refractivity contribution is 5.50. The third-order valence-corrected chi connectivity index (χ3v) is 4.77. The van der Waals surface area contributed by atoms with Crippen LogP contribution in [0.4, 0.5) is 5.69 Å². The second-order valence-electron chi connectivity index (χ2n) is 6.28. The third-order valence-electron chi connectivity index (χ3n) is 4.77. The van der Waals surface area contributed by atoms with Gasteiger partial charge in [-0.2, -0.15) is 0 Å². The second kappa shape index (κ2) is 5.51. The number of likely N-dealkylation sites (tertiary alicyclic amines) is 1. The number of nitrogens with zero attached hydrogens (tertiary/aromatic N) is 1. The molecule has 1 fully saturated rings. The van der Waals surface area contributed by atoms with Crippen molar-refractivity contribution in [3.8, 4) is 0 Å². The third kappa shape index (κ3) is 2.63. The van der Waals surface area contributed by atoms with Crippen molar-refractivity contribution in [1.82, 2.24) is 0 Å². The standard InChI is InChI=1S/C16H25N3/c1-18(2)14-6-7-15-13(10-14)11-17-12-16(15)19-8-4-3-5-9-19/h6-7,10,16-17H,3-5,8-9,11-12H2,1-2H3/p+2/t16-/m1/s1. The maximum Gasteiger partial charge on any atom is 0.163 e. The molecule has 1 atom stereocenters. The first-order chi connectivity index (χ1) is 9.25. The number of hydrogen-bond donors (Lipinski definition) is 2. The Morgan fingerprint density at radius 1 is 1.16 bits per heavy atom. The van der Waals surface area contributed by atoms with Crippen molar-refractivity contribution in [2.75, 3.05) is 38.6 Å². The molecule has 0 saturated carbocycles. The number of benzene rings is 1. The summed E-state index contributed by atoms with van der Waals surface area (Å²) in [5, 5.41) is 2.49. The SMILES string of the molecule is CN(C)c1ccc2c(c1)C[NH2+]C[C@H]2[NH+]1CCCCC1. The Hall–Kier alpha value is -1.06. The number of rotatable bonds is 2. The van der Waals surface area contributed by atoms with Crippen molar-refractivity contribution in [2.24, 2.45) is 0 Å². The zero-order chi connectivity index (χ0) is 13.2. The Morgan fingerprint density at radius 2 is 1.95 bits per heavy atom. The van der Waals surface area contributed by atoms with Crippen LogP contribution >= 0.6 is 0 Å². The van der Waals surface area contributed by atoms with E-state index < -0.39 is 0 Å². The monoisotopic (exact) mass is 261 g/mol. The number of anilines is 1. The first-order valence-corrected chi connectivity index (χ1v) is 7.72. The lowest BCUT2D eigenvalue weighted by Crippen LogP contribution is -3.16. The number of nitrogens with two attached hydrogens (primary N) is 1. The van der Waals surface area contributed by atoms with E-state index in [0.717, 1.165) is 12.6 Å². The van der Waals surface area contributed by atoms with Crippen LogP contribution in [-0.4, -0.2) is 33.7 Å². The summed E-state index contributed by atoms with van der Waals surface area (Å²) in [7, 11) is 4.25. The molecule has 0 bridgehead atoms. The van der Waals surface area contributed by atoms with Crippen LogP contribution in [0.5, 0.6) is 0 Å². The molecule has 3 N–H and O–H groups in total. The topological polar surface area (TPSA) is 24.3 Å². The van der Waals surface area contributed by atoms with Gasteiger partial charge in [0.2, 0.25) is 0 Å². The van der Waals surface area contributed by atoms with Crippen LogP contribution in [0.1, 0.15) is 36.4 Å². The highest BCUT2D eigenvalue weighted by Gasteiger charge is 2.32. The smallest absolute Gasteiger partial charge is 0.163 e. The Labute approximate surface area is 116 Å². The maximum atomic E-state index is 2.49. The molecule has 19 heavy (non-hydrogen) atoms. The van der Waals surface area contributed by atoms with Crippen molar-refractivity contribution in [3.63, 3.8) is 0 Å². The largest absolute Gasteiger partial charge is 0.378 e. The van der Waals surface area contributed by atoms with E-state index in [-0.39, 0.29) is 0 Å². The zero-order valence-electron chi connectivity index (χ0n) is 12.3. The summed E-state index contributed by atoms with van der Waals surface area (Å²) in [5.74, 6) is 0. The van der Waals surface area contributed by atoms with Gasteiger partial charge in [0.15, 0.2) is 6.04 Å². The lowest BCUT2D eigenvalue weighted by atomic mass is 9.93. The van der Waals surface area contributed by atoms with Crippen LogP contribution in [0.3, 0.4) is 0 Å². The Bertz CT molecular complexity index is 436. The molecule has 0 spiro atoms. The highest BCUT2D eigenvalue weighted by atomic mass is 15.2. The van der Waals surface area contributed by atoms with Crippen LogP contribution in [0.15, 0.2) is 18.2 Å². The maximum absolute atomic E-state index is 2.49. The average molecular weight is 261 g/mol. The summed E-state index contributed by atoms with van der Waals surface area (Å²) in [6.45, 7) is 5.16. The molecule has 104 valence electrons. The quantitative estimate of drug-likeness (QED) is 0.766. The molecule has 0 aliphatic carbocycles. The number of quaternary nitrogens is 2. The van der Waals surface area contributed by atoms with Crippen LogP contribution < -0.4 is 15.1 Å². The minimum absolute atomic E-state index is 0.722. The van der Waals surface area contributed by atoms with Gasteiger partial charge >= 0.3 is 0 Å². The summed E-state index contributed by atoms with van der Waals surface area (Å²) in [6, 6.07) is 7.80. The fraction of sp³-hybridized carbons (Fsp3) is 0.625. The van der Waals surface area contributed by atoms with E-state index in [1.807, 2.05) is 4.90 Å². The average Bonchev–Trinajstić information content (AvgIpc) is 2.47. The molecule has 1 aromatic rings. The Balaban J connectivity index is 1.87. The minimum atomic E-state index is 0.722. The van der Waals surface area contributed by atoms with E-state index in [4.69, 9.17) is 0 Å². The molecule has 3 heteroatoms. The van der Waals surface area contributed by atoms with Gasteiger partial charge in [-0.1, -0.05) is 6.07 Å². The fourth-order valence-corrected chi connectivity index (χ4v) is 3.66. The molecule has 1 saturated heterocycles. The van der Waals surface area contributed by atoms with Crippen molar-refractivity contribution in [2.45, 2.75) is 31.8 Å². The van der Waals surface area contributed by atoms with Crippen LogP contribution in [-0.2, 0) is 6.54 Å². The van der Waals surface area contributed by atoms with Gasteiger partial charge in [0, 0.05) is 30.9 Å². The summed E-state index contributed by atoms with van der Waals surface area (Å²) in [5.41, 5.74) is 4.51. The minimum Gasteiger partial charge on any atom is -0.378 e. The lowest BCUT2D eigenvalue weighted by molar-refractivity contribution is -0.952. The molecule has 0 radical (unpaired) electrons. The molecule has 2 heterocycles. The molecular formula is C16H27N3+2. The molecule has 3 rings (SSSR count). The zero-order valence-corrected chi connectivity index (χ0v) is 12.3. The van der Waals surface area contributed by atoms with Gasteiger partial charge in [0.1, 0.15) is 13.1 Å². The van der Waals surface area contributed by atoms with Gasteiger partial charge in [-0.15, -0.1) is 0 Å². The molecule has 1 aromatic carbocycles. The van der Waals surface area contributed by atoms with E-state index in [2.05, 4.69) is 42.5 Å². The molecule has 0 amide bonds. The Morgan fingerprint density at radius 3 is 2.68 bits per heavy atom. The normalized spacial score (nSPS) is 24.0. The predicted octanol–water partition coefficient (Wildman–Crippen LogP) is -0.0605. The van der Waals surface area contributed by atoms with Crippen LogP contribution in [0.25, 0.3) is 0 Å². The Kier molecular flexibility index (Phi) is 3.76. The van der Waals surface area contributed by atoms with Gasteiger partial charge < -0.3 is 15.1 Å². The van der Waals surface area contributed by atoms with Crippen LogP contribution in [0.2, 0.25) is 0 Å². The van der Waals surface area contributed by atoms with E-state index >= 15 is 0 Å². The number of nitrogens with one attached hydrogen (secondary N) is 1. The fourth-order valence-electron chi connectivity index (χ4n) is 3.66. The number of fused-ring (bicyclic) bond motifs is 1. The second-order valence-corrected chi connectivity index (χ2v) is 6.28. The molecule has 2 aliphatic heterocycles. The van der Waals surface area contributed by atoms with Gasteiger partial charge in [0.05, 0.1) is 13.1 Å². The highest BCUT2D eigenvalue weighted by Crippen LogP contribution is 2.23. The van der Waals surface area contributed by atoms with Crippen molar-refractivity contribution < 1.29 is 10.2 Å². The van der Waals surface area contributed by atoms with E-state index in [1.54, 1.807) is 11.1 Å². The number of hydrogen-bond acceptors (Lipinski definition) is 1. The summed E-state index contributed by atoms with van der Waals surface area (Å²) in [4.78, 5) is 4.03. The van der Waals surface area contributed by atoms with Crippen molar-refractivity contribution in [3.05, 3.63) is 29.3 Å².